The van der Waals surface area contributed by atoms with Gasteiger partial charge in [0.05, 0.1) is 0 Å². The fourth-order valence-electron chi connectivity index (χ4n) is 0. The molecule has 1 radical (unpaired) electrons. The molecule has 0 aliphatic carbocycles. The molecule has 0 spiro atoms. The van der Waals surface area contributed by atoms with Crippen LogP contribution in [0.1, 0.15) is 6.92 Å². The van der Waals surface area contributed by atoms with Crippen molar-refractivity contribution in [2.45, 2.75) is 6.92 Å². The first kappa shape index (κ1) is 16.7. The van der Waals surface area contributed by atoms with Gasteiger partial charge in [-0.3, -0.25) is 0 Å². The molecule has 1 nitrogen and oxygen atoms in total. The molecule has 1 N–H and O–H groups in total. The maximum absolute atomic E-state index is 7.57. The van der Waals surface area contributed by atoms with E-state index in [1.165, 1.54) is 0 Å². The summed E-state index contributed by atoms with van der Waals surface area (Å²) in [6.45, 7) is 1.93. The van der Waals surface area contributed by atoms with Crippen LogP contribution < -0.4 is 0 Å². The Morgan fingerprint density at radius 1 is 1.60 bits per heavy atom. The summed E-state index contributed by atoms with van der Waals surface area (Å²) in [5, 5.41) is 7.57. The van der Waals surface area contributed by atoms with E-state index in [1.807, 2.05) is 0 Å². The summed E-state index contributed by atoms with van der Waals surface area (Å²) in [6, 6.07) is 0. The Kier molecular flexibility index (Phi) is 67.0. The van der Waals surface area contributed by atoms with E-state index in [-0.39, 0.29) is 40.5 Å². The molecule has 0 aromatic rings. The minimum absolute atomic E-state index is 0. The molecule has 37 valence electrons. The second-order valence-corrected chi connectivity index (χ2v) is 0.316. The third-order valence-corrected chi connectivity index (χ3v) is 0. The van der Waals surface area contributed by atoms with Crippen molar-refractivity contribution in [3.05, 3.63) is 0 Å². The standard InChI is InChI=1S/C2H6O.Co.Fe/c1-2-3;;/h3H,2H2,1H3;;. The van der Waals surface area contributed by atoms with Crippen molar-refractivity contribution in [2.24, 2.45) is 0 Å². The average molecular weight is 161 g/mol. The van der Waals surface area contributed by atoms with Gasteiger partial charge in [-0.15, -0.1) is 0 Å². The molecule has 0 aromatic carbocycles. The zero-order valence-corrected chi connectivity index (χ0v) is 4.99. The number of aliphatic hydroxyl groups excluding tert-OH is 1. The zero-order chi connectivity index (χ0) is 2.71. The topological polar surface area (TPSA) is 20.2 Å². The van der Waals surface area contributed by atoms with Gasteiger partial charge in [-0.05, 0) is 6.92 Å². The van der Waals surface area contributed by atoms with Gasteiger partial charge in [-0.1, -0.05) is 0 Å². The van der Waals surface area contributed by atoms with E-state index in [1.54, 1.807) is 6.92 Å². The SMILES string of the molecule is CCO.[Co].[Fe]. The Labute approximate surface area is 52.8 Å². The fraction of sp³-hybridized carbons (Fsp3) is 1.00. The summed E-state index contributed by atoms with van der Waals surface area (Å²) in [5.41, 5.74) is 0. The van der Waals surface area contributed by atoms with Gasteiger partial charge in [-0.2, -0.15) is 0 Å². The molecule has 0 rings (SSSR count). The molecule has 0 aromatic heterocycles. The van der Waals surface area contributed by atoms with Gasteiger partial charge < -0.3 is 5.11 Å². The quantitative estimate of drug-likeness (QED) is 0.495. The van der Waals surface area contributed by atoms with E-state index in [2.05, 4.69) is 0 Å². The van der Waals surface area contributed by atoms with Crippen LogP contribution in [0.5, 0.6) is 0 Å². The molecule has 0 amide bonds. The number of aliphatic hydroxyl groups is 1. The second-order valence-electron chi connectivity index (χ2n) is 0.316. The molecule has 3 heteroatoms. The van der Waals surface area contributed by atoms with E-state index in [9.17, 15) is 0 Å². The van der Waals surface area contributed by atoms with E-state index < -0.39 is 0 Å². The molecule has 0 aliphatic rings. The third kappa shape index (κ3) is 45.7. The Bertz CT molecular complexity index is 9.61. The van der Waals surface area contributed by atoms with Gasteiger partial charge in [0.15, 0.2) is 0 Å². The second kappa shape index (κ2) is 20.1. The summed E-state index contributed by atoms with van der Waals surface area (Å²) in [4.78, 5) is 0. The normalized spacial score (nSPS) is 3.60. The van der Waals surface area contributed by atoms with E-state index >= 15 is 0 Å². The van der Waals surface area contributed by atoms with Crippen LogP contribution in [0.25, 0.3) is 0 Å². The minimum Gasteiger partial charge on any atom is -0.397 e. The van der Waals surface area contributed by atoms with Crippen molar-refractivity contribution in [3.8, 4) is 0 Å². The molecule has 0 unspecified atom stereocenters. The first-order valence-electron chi connectivity index (χ1n) is 1.02. The summed E-state index contributed by atoms with van der Waals surface area (Å²) in [5.74, 6) is 0. The zero-order valence-electron chi connectivity index (χ0n) is 2.84. The van der Waals surface area contributed by atoms with Gasteiger partial charge in [0, 0.05) is 40.5 Å². The molecule has 0 aliphatic heterocycles. The first-order chi connectivity index (χ1) is 1.41. The number of hydrogen-bond donors (Lipinski definition) is 1. The van der Waals surface area contributed by atoms with Crippen LogP contribution in [-0.2, 0) is 33.8 Å². The molecule has 0 heterocycles. The van der Waals surface area contributed by atoms with Gasteiger partial charge >= 0.3 is 0 Å². The van der Waals surface area contributed by atoms with Gasteiger partial charge in [0.25, 0.3) is 0 Å². The predicted octanol–water partition coefficient (Wildman–Crippen LogP) is -0.00640. The van der Waals surface area contributed by atoms with E-state index in [4.69, 9.17) is 5.11 Å². The van der Waals surface area contributed by atoms with Crippen LogP contribution in [0.4, 0.5) is 0 Å². The molecule has 0 fully saturated rings. The van der Waals surface area contributed by atoms with Gasteiger partial charge in [0.2, 0.25) is 0 Å². The van der Waals surface area contributed by atoms with Crippen molar-refractivity contribution in [1.82, 2.24) is 0 Å². The van der Waals surface area contributed by atoms with Crippen molar-refractivity contribution >= 4 is 0 Å². The monoisotopic (exact) mass is 161 g/mol. The summed E-state index contributed by atoms with van der Waals surface area (Å²) < 4.78 is 0. The van der Waals surface area contributed by atoms with Crippen molar-refractivity contribution < 1.29 is 39.0 Å². The van der Waals surface area contributed by atoms with Crippen LogP contribution in [0, 0.1) is 0 Å². The first-order valence-corrected chi connectivity index (χ1v) is 1.02. The summed E-state index contributed by atoms with van der Waals surface area (Å²) in [6.07, 6.45) is 0. The maximum Gasteiger partial charge on any atom is 0.0402 e. The van der Waals surface area contributed by atoms with Crippen LogP contribution in [0.2, 0.25) is 0 Å². The van der Waals surface area contributed by atoms with Crippen molar-refractivity contribution in [1.29, 1.82) is 0 Å². The van der Waals surface area contributed by atoms with Gasteiger partial charge in [0.1, 0.15) is 0 Å². The van der Waals surface area contributed by atoms with E-state index in [0.717, 1.165) is 0 Å². The largest absolute Gasteiger partial charge is 0.397 e. The molecule has 0 saturated carbocycles. The Hall–Kier alpha value is 0.986. The molecule has 5 heavy (non-hydrogen) atoms. The number of rotatable bonds is 0. The third-order valence-electron chi connectivity index (χ3n) is 0. The maximum atomic E-state index is 7.57. The fourth-order valence-corrected chi connectivity index (χ4v) is 0. The average Bonchev–Trinajstić information content (AvgIpc) is 0.918. The van der Waals surface area contributed by atoms with Crippen LogP contribution in [0.3, 0.4) is 0 Å². The molecule has 0 saturated heterocycles. The summed E-state index contributed by atoms with van der Waals surface area (Å²) in [7, 11) is 0. The van der Waals surface area contributed by atoms with Crippen LogP contribution >= 0.6 is 0 Å². The van der Waals surface area contributed by atoms with Crippen LogP contribution in [-0.4, -0.2) is 11.7 Å². The number of hydrogen-bond acceptors (Lipinski definition) is 1. The molecule has 0 bridgehead atoms. The van der Waals surface area contributed by atoms with Crippen LogP contribution in [0.15, 0.2) is 0 Å². The van der Waals surface area contributed by atoms with Crippen molar-refractivity contribution in [2.75, 3.05) is 6.61 Å². The minimum atomic E-state index is 0. The summed E-state index contributed by atoms with van der Waals surface area (Å²) >= 11 is 0. The van der Waals surface area contributed by atoms with E-state index in [0.29, 0.717) is 0 Å². The molecular weight excluding hydrogens is 155 g/mol. The van der Waals surface area contributed by atoms with Gasteiger partial charge in [-0.25, -0.2) is 0 Å². The van der Waals surface area contributed by atoms with Crippen molar-refractivity contribution in [3.63, 3.8) is 0 Å². The smallest absolute Gasteiger partial charge is 0.0402 e. The Morgan fingerprint density at radius 2 is 1.60 bits per heavy atom. The molecular formula is C2H6CoFeO. The Balaban J connectivity index is -0.0000000200. The Morgan fingerprint density at radius 3 is 1.60 bits per heavy atom. The predicted molar refractivity (Wildman–Crippen MR) is 12.8 cm³/mol. The molecule has 0 atom stereocenters.